The van der Waals surface area contributed by atoms with Gasteiger partial charge in [-0.05, 0) is 29.9 Å². The van der Waals surface area contributed by atoms with Crippen molar-refractivity contribution in [3.05, 3.63) is 35.4 Å². The van der Waals surface area contributed by atoms with Crippen molar-refractivity contribution in [3.63, 3.8) is 0 Å². The molecule has 2 saturated heterocycles. The third-order valence-corrected chi connectivity index (χ3v) is 4.52. The van der Waals surface area contributed by atoms with Crippen LogP contribution >= 0.6 is 0 Å². The number of hydrogen-bond donors (Lipinski definition) is 0. The van der Waals surface area contributed by atoms with E-state index < -0.39 is 0 Å². The lowest BCUT2D eigenvalue weighted by atomic mass is 10.0. The van der Waals surface area contributed by atoms with Gasteiger partial charge in [-0.25, -0.2) is 0 Å². The third kappa shape index (κ3) is 2.67. The fraction of sp³-hybridized carbons (Fsp3) is 0.529. The van der Waals surface area contributed by atoms with E-state index in [2.05, 4.69) is 38.1 Å². The largest absolute Gasteiger partial charge is 0.329 e. The van der Waals surface area contributed by atoms with Crippen LogP contribution in [0.15, 0.2) is 24.3 Å². The van der Waals surface area contributed by atoms with E-state index in [4.69, 9.17) is 0 Å². The van der Waals surface area contributed by atoms with Crippen LogP contribution in [-0.2, 0) is 16.1 Å². The van der Waals surface area contributed by atoms with E-state index >= 15 is 0 Å². The van der Waals surface area contributed by atoms with Crippen molar-refractivity contribution < 1.29 is 9.59 Å². The Morgan fingerprint density at radius 3 is 2.57 bits per heavy atom. The zero-order chi connectivity index (χ0) is 15.0. The maximum atomic E-state index is 12.5. The minimum absolute atomic E-state index is 0.0934. The average molecular weight is 286 g/mol. The molecule has 4 nitrogen and oxygen atoms in total. The molecule has 2 heterocycles. The van der Waals surface area contributed by atoms with Crippen molar-refractivity contribution in [1.29, 1.82) is 0 Å². The molecule has 1 aromatic rings. The first-order chi connectivity index (χ1) is 10.1. The van der Waals surface area contributed by atoms with Crippen molar-refractivity contribution in [1.82, 2.24) is 9.80 Å². The monoisotopic (exact) mass is 286 g/mol. The molecule has 1 aromatic carbocycles. The van der Waals surface area contributed by atoms with Gasteiger partial charge < -0.3 is 9.80 Å². The van der Waals surface area contributed by atoms with E-state index in [1.165, 1.54) is 5.56 Å². The van der Waals surface area contributed by atoms with Gasteiger partial charge in [0.15, 0.2) is 0 Å². The second kappa shape index (κ2) is 5.51. The molecule has 0 N–H and O–H groups in total. The van der Waals surface area contributed by atoms with Crippen LogP contribution in [0.4, 0.5) is 0 Å². The Balaban J connectivity index is 1.72. The summed E-state index contributed by atoms with van der Waals surface area (Å²) in [7, 11) is 0. The van der Waals surface area contributed by atoms with Crippen molar-refractivity contribution in [2.24, 2.45) is 0 Å². The lowest BCUT2D eigenvalue weighted by molar-refractivity contribution is -0.154. The highest BCUT2D eigenvalue weighted by molar-refractivity contribution is 5.95. The molecule has 1 unspecified atom stereocenters. The summed E-state index contributed by atoms with van der Waals surface area (Å²) in [6, 6.07) is 8.14. The number of hydrogen-bond acceptors (Lipinski definition) is 2. The molecule has 2 fully saturated rings. The summed E-state index contributed by atoms with van der Waals surface area (Å²) in [6.45, 7) is 5.83. The zero-order valence-corrected chi connectivity index (χ0v) is 12.7. The number of rotatable bonds is 3. The molecule has 112 valence electrons. The number of amides is 2. The molecule has 4 heteroatoms. The number of benzene rings is 1. The summed E-state index contributed by atoms with van der Waals surface area (Å²) in [5, 5.41) is 0. The summed E-state index contributed by atoms with van der Waals surface area (Å²) in [6.07, 6.45) is 1.76. The van der Waals surface area contributed by atoms with Gasteiger partial charge in [-0.1, -0.05) is 38.1 Å². The highest BCUT2D eigenvalue weighted by Gasteiger charge is 2.41. The van der Waals surface area contributed by atoms with Gasteiger partial charge >= 0.3 is 0 Å². The first-order valence-electron chi connectivity index (χ1n) is 7.73. The fourth-order valence-electron chi connectivity index (χ4n) is 3.23. The fourth-order valence-corrected chi connectivity index (χ4v) is 3.23. The maximum absolute atomic E-state index is 12.5. The number of carbonyl (C=O) groups is 2. The lowest BCUT2D eigenvalue weighted by Crippen LogP contribution is -2.56. The van der Waals surface area contributed by atoms with E-state index in [0.717, 1.165) is 24.9 Å². The van der Waals surface area contributed by atoms with Crippen molar-refractivity contribution in [2.75, 3.05) is 13.1 Å². The van der Waals surface area contributed by atoms with Crippen LogP contribution in [0.2, 0.25) is 0 Å². The normalized spacial score (nSPS) is 22.1. The molecule has 2 amide bonds. The topological polar surface area (TPSA) is 40.6 Å². The van der Waals surface area contributed by atoms with Crippen LogP contribution in [0.5, 0.6) is 0 Å². The molecule has 1 atom stereocenters. The molecule has 0 aromatic heterocycles. The highest BCUT2D eigenvalue weighted by atomic mass is 16.2. The number of carbonyl (C=O) groups excluding carboxylic acids is 2. The highest BCUT2D eigenvalue weighted by Crippen LogP contribution is 2.25. The van der Waals surface area contributed by atoms with Crippen LogP contribution in [0.25, 0.3) is 0 Å². The first-order valence-corrected chi connectivity index (χ1v) is 7.73. The Labute approximate surface area is 125 Å². The van der Waals surface area contributed by atoms with E-state index in [0.29, 0.717) is 12.5 Å². The Hall–Kier alpha value is -1.84. The molecule has 2 aliphatic rings. The Bertz CT molecular complexity index is 550. The summed E-state index contributed by atoms with van der Waals surface area (Å²) >= 11 is 0. The Morgan fingerprint density at radius 1 is 1.19 bits per heavy atom. The number of piperazine rings is 1. The van der Waals surface area contributed by atoms with Gasteiger partial charge in [0.05, 0.1) is 0 Å². The standard InChI is InChI=1S/C17H22N2O2/c1-12(2)14-7-5-13(6-8-14)10-18-11-16(20)19-9-3-4-15(19)17(18)21/h5-8,12,15H,3-4,9-11H2,1-2H3. The quantitative estimate of drug-likeness (QED) is 0.854. The smallest absolute Gasteiger partial charge is 0.246 e. The van der Waals surface area contributed by atoms with Crippen molar-refractivity contribution in [2.45, 2.75) is 45.2 Å². The molecule has 0 saturated carbocycles. The number of nitrogens with zero attached hydrogens (tertiary/aromatic N) is 2. The second-order valence-electron chi connectivity index (χ2n) is 6.34. The van der Waals surface area contributed by atoms with E-state index in [-0.39, 0.29) is 24.4 Å². The molecular formula is C17H22N2O2. The van der Waals surface area contributed by atoms with Gasteiger partial charge in [-0.2, -0.15) is 0 Å². The second-order valence-corrected chi connectivity index (χ2v) is 6.34. The predicted octanol–water partition coefficient (Wildman–Crippen LogP) is 2.14. The minimum Gasteiger partial charge on any atom is -0.329 e. The average Bonchev–Trinajstić information content (AvgIpc) is 2.95. The summed E-state index contributed by atoms with van der Waals surface area (Å²) in [4.78, 5) is 28.0. The maximum Gasteiger partial charge on any atom is 0.246 e. The minimum atomic E-state index is -0.207. The van der Waals surface area contributed by atoms with Crippen LogP contribution in [0.3, 0.4) is 0 Å². The predicted molar refractivity (Wildman–Crippen MR) is 80.7 cm³/mol. The third-order valence-electron chi connectivity index (χ3n) is 4.52. The van der Waals surface area contributed by atoms with Crippen molar-refractivity contribution in [3.8, 4) is 0 Å². The molecule has 0 aliphatic carbocycles. The lowest BCUT2D eigenvalue weighted by Gasteiger charge is -2.36. The summed E-state index contributed by atoms with van der Waals surface area (Å²) in [5.41, 5.74) is 2.38. The molecule has 21 heavy (non-hydrogen) atoms. The molecule has 0 bridgehead atoms. The molecule has 0 spiro atoms. The molecule has 3 rings (SSSR count). The number of fused-ring (bicyclic) bond motifs is 1. The summed E-state index contributed by atoms with van der Waals surface area (Å²) in [5.74, 6) is 0.709. The molecular weight excluding hydrogens is 264 g/mol. The van der Waals surface area contributed by atoms with Gasteiger partial charge in [-0.3, -0.25) is 9.59 Å². The van der Waals surface area contributed by atoms with E-state index in [9.17, 15) is 9.59 Å². The van der Waals surface area contributed by atoms with Crippen molar-refractivity contribution >= 4 is 11.8 Å². The molecule has 2 aliphatic heterocycles. The molecule has 0 radical (unpaired) electrons. The first kappa shape index (κ1) is 14.1. The van der Waals surface area contributed by atoms with E-state index in [1.54, 1.807) is 9.80 Å². The van der Waals surface area contributed by atoms with Gasteiger partial charge in [0.25, 0.3) is 0 Å². The summed E-state index contributed by atoms with van der Waals surface area (Å²) < 4.78 is 0. The van der Waals surface area contributed by atoms with Crippen LogP contribution in [0.1, 0.15) is 43.7 Å². The SMILES string of the molecule is CC(C)c1ccc(CN2CC(=O)N3CCCC3C2=O)cc1. The Morgan fingerprint density at radius 2 is 1.90 bits per heavy atom. The van der Waals surface area contributed by atoms with Gasteiger partial charge in [-0.15, -0.1) is 0 Å². The van der Waals surface area contributed by atoms with Gasteiger partial charge in [0, 0.05) is 13.1 Å². The van der Waals surface area contributed by atoms with Crippen LogP contribution in [0, 0.1) is 0 Å². The van der Waals surface area contributed by atoms with Crippen LogP contribution in [-0.4, -0.2) is 40.7 Å². The van der Waals surface area contributed by atoms with Gasteiger partial charge in [0.2, 0.25) is 11.8 Å². The van der Waals surface area contributed by atoms with Crippen LogP contribution < -0.4 is 0 Å². The zero-order valence-electron chi connectivity index (χ0n) is 12.7. The Kier molecular flexibility index (Phi) is 3.70. The van der Waals surface area contributed by atoms with E-state index in [1.807, 2.05) is 0 Å². The van der Waals surface area contributed by atoms with Gasteiger partial charge in [0.1, 0.15) is 12.6 Å².